The summed E-state index contributed by atoms with van der Waals surface area (Å²) in [6.45, 7) is 5.26. The topological polar surface area (TPSA) is 47.6 Å². The van der Waals surface area contributed by atoms with Crippen LogP contribution in [0.2, 0.25) is 5.02 Å². The van der Waals surface area contributed by atoms with E-state index in [-0.39, 0.29) is 12.5 Å². The van der Waals surface area contributed by atoms with Crippen LogP contribution in [0.25, 0.3) is 0 Å². The zero-order valence-corrected chi connectivity index (χ0v) is 17.3. The third-order valence-electron chi connectivity index (χ3n) is 4.40. The minimum absolute atomic E-state index is 0.138. The average Bonchev–Trinajstić information content (AvgIpc) is 2.73. The molecule has 3 aromatic carbocycles. The Kier molecular flexibility index (Phi) is 7.14. The second-order valence-electron chi connectivity index (χ2n) is 6.67. The Hall–Kier alpha value is -2.98. The van der Waals surface area contributed by atoms with Crippen molar-refractivity contribution in [2.24, 2.45) is 0 Å². The molecular formula is C24H24ClNO3. The molecule has 0 saturated heterocycles. The van der Waals surface area contributed by atoms with Crippen molar-refractivity contribution in [2.45, 2.75) is 27.0 Å². The fourth-order valence-corrected chi connectivity index (χ4v) is 2.94. The molecule has 0 heterocycles. The predicted octanol–water partition coefficient (Wildman–Crippen LogP) is 5.56. The van der Waals surface area contributed by atoms with E-state index in [1.165, 1.54) is 5.56 Å². The summed E-state index contributed by atoms with van der Waals surface area (Å²) in [5.74, 6) is 1.27. The standard InChI is InChI=1S/C24H24ClNO3/c1-3-28-23-13-8-19(24(27)26-15-18-6-4-17(2)5-7-18)14-20(23)16-29-22-11-9-21(25)10-12-22/h4-14H,3,15-16H2,1-2H3,(H,26,27). The third-order valence-corrected chi connectivity index (χ3v) is 4.66. The van der Waals surface area contributed by atoms with E-state index in [9.17, 15) is 4.79 Å². The lowest BCUT2D eigenvalue weighted by molar-refractivity contribution is 0.0950. The lowest BCUT2D eigenvalue weighted by atomic mass is 10.1. The van der Waals surface area contributed by atoms with E-state index >= 15 is 0 Å². The van der Waals surface area contributed by atoms with E-state index in [0.29, 0.717) is 35.2 Å². The maximum absolute atomic E-state index is 12.6. The summed E-state index contributed by atoms with van der Waals surface area (Å²) in [6, 6.07) is 20.6. The number of benzene rings is 3. The van der Waals surface area contributed by atoms with Crippen molar-refractivity contribution in [2.75, 3.05) is 6.61 Å². The zero-order valence-electron chi connectivity index (χ0n) is 16.6. The first kappa shape index (κ1) is 20.7. The first-order valence-electron chi connectivity index (χ1n) is 9.53. The lowest BCUT2D eigenvalue weighted by Crippen LogP contribution is -2.23. The van der Waals surface area contributed by atoms with E-state index in [1.807, 2.05) is 50.2 Å². The van der Waals surface area contributed by atoms with Crippen molar-refractivity contribution in [3.63, 3.8) is 0 Å². The summed E-state index contributed by atoms with van der Waals surface area (Å²) in [7, 11) is 0. The molecule has 0 aromatic heterocycles. The first-order chi connectivity index (χ1) is 14.0. The van der Waals surface area contributed by atoms with Gasteiger partial charge in [-0.25, -0.2) is 0 Å². The largest absolute Gasteiger partial charge is 0.493 e. The number of ether oxygens (including phenoxy) is 2. The molecule has 4 nitrogen and oxygen atoms in total. The highest BCUT2D eigenvalue weighted by Gasteiger charge is 2.11. The molecule has 0 aliphatic heterocycles. The number of hydrogen-bond donors (Lipinski definition) is 1. The van der Waals surface area contributed by atoms with Crippen LogP contribution in [-0.2, 0) is 13.2 Å². The van der Waals surface area contributed by atoms with Crippen LogP contribution in [0, 0.1) is 6.92 Å². The summed E-state index contributed by atoms with van der Waals surface area (Å²) in [4.78, 5) is 12.6. The van der Waals surface area contributed by atoms with Gasteiger partial charge in [0.1, 0.15) is 18.1 Å². The fourth-order valence-electron chi connectivity index (χ4n) is 2.81. The van der Waals surface area contributed by atoms with Crippen LogP contribution in [0.1, 0.15) is 34.0 Å². The molecule has 0 aliphatic rings. The van der Waals surface area contributed by atoms with Crippen molar-refractivity contribution in [1.29, 1.82) is 0 Å². The molecule has 0 unspecified atom stereocenters. The summed E-state index contributed by atoms with van der Waals surface area (Å²) in [6.07, 6.45) is 0. The van der Waals surface area contributed by atoms with Gasteiger partial charge in [-0.2, -0.15) is 0 Å². The minimum Gasteiger partial charge on any atom is -0.493 e. The Balaban J connectivity index is 1.69. The smallest absolute Gasteiger partial charge is 0.251 e. The zero-order chi connectivity index (χ0) is 20.6. The highest BCUT2D eigenvalue weighted by molar-refractivity contribution is 6.30. The van der Waals surface area contributed by atoms with Crippen LogP contribution < -0.4 is 14.8 Å². The van der Waals surface area contributed by atoms with Gasteiger partial charge in [-0.3, -0.25) is 4.79 Å². The van der Waals surface area contributed by atoms with Crippen LogP contribution >= 0.6 is 11.6 Å². The van der Waals surface area contributed by atoms with Crippen LogP contribution in [-0.4, -0.2) is 12.5 Å². The molecule has 0 aliphatic carbocycles. The average molecular weight is 410 g/mol. The van der Waals surface area contributed by atoms with Gasteiger partial charge in [-0.1, -0.05) is 41.4 Å². The molecule has 150 valence electrons. The maximum Gasteiger partial charge on any atom is 0.251 e. The summed E-state index contributed by atoms with van der Waals surface area (Å²) >= 11 is 5.91. The lowest BCUT2D eigenvalue weighted by Gasteiger charge is -2.14. The molecule has 0 radical (unpaired) electrons. The summed E-state index contributed by atoms with van der Waals surface area (Å²) in [5.41, 5.74) is 3.62. The molecule has 0 bridgehead atoms. The monoisotopic (exact) mass is 409 g/mol. The maximum atomic E-state index is 12.6. The van der Waals surface area contributed by atoms with Gasteiger partial charge in [0.25, 0.3) is 5.91 Å². The van der Waals surface area contributed by atoms with Gasteiger partial charge in [0.15, 0.2) is 0 Å². The Bertz CT molecular complexity index is 953. The second kappa shape index (κ2) is 9.99. The normalized spacial score (nSPS) is 10.4. The van der Waals surface area contributed by atoms with Gasteiger partial charge >= 0.3 is 0 Å². The van der Waals surface area contributed by atoms with Crippen LogP contribution in [0.5, 0.6) is 11.5 Å². The third kappa shape index (κ3) is 6.00. The van der Waals surface area contributed by atoms with Crippen LogP contribution in [0.15, 0.2) is 66.7 Å². The molecular weight excluding hydrogens is 386 g/mol. The Labute approximate surface area is 176 Å². The van der Waals surface area contributed by atoms with Crippen molar-refractivity contribution in [3.8, 4) is 11.5 Å². The van der Waals surface area contributed by atoms with Crippen molar-refractivity contribution >= 4 is 17.5 Å². The molecule has 0 spiro atoms. The molecule has 0 atom stereocenters. The van der Waals surface area contributed by atoms with Gasteiger partial charge in [0.2, 0.25) is 0 Å². The van der Waals surface area contributed by atoms with Gasteiger partial charge in [-0.15, -0.1) is 0 Å². The van der Waals surface area contributed by atoms with Crippen molar-refractivity contribution < 1.29 is 14.3 Å². The molecule has 3 rings (SSSR count). The Morgan fingerprint density at radius 3 is 2.38 bits per heavy atom. The van der Waals surface area contributed by atoms with Gasteiger partial charge in [-0.05, 0) is 61.9 Å². The predicted molar refractivity (Wildman–Crippen MR) is 116 cm³/mol. The highest BCUT2D eigenvalue weighted by atomic mass is 35.5. The van der Waals surface area contributed by atoms with Gasteiger partial charge in [0.05, 0.1) is 6.61 Å². The van der Waals surface area contributed by atoms with Gasteiger partial charge in [0, 0.05) is 22.7 Å². The Morgan fingerprint density at radius 2 is 1.69 bits per heavy atom. The first-order valence-corrected chi connectivity index (χ1v) is 9.91. The number of hydrogen-bond acceptors (Lipinski definition) is 3. The fraction of sp³-hybridized carbons (Fsp3) is 0.208. The number of amides is 1. The van der Waals surface area contributed by atoms with Crippen molar-refractivity contribution in [3.05, 3.63) is 94.0 Å². The SMILES string of the molecule is CCOc1ccc(C(=O)NCc2ccc(C)cc2)cc1COc1ccc(Cl)cc1. The van der Waals surface area contributed by atoms with E-state index in [2.05, 4.69) is 5.32 Å². The number of carbonyl (C=O) groups is 1. The quantitative estimate of drug-likeness (QED) is 0.530. The summed E-state index contributed by atoms with van der Waals surface area (Å²) < 4.78 is 11.5. The van der Waals surface area contributed by atoms with Crippen LogP contribution in [0.4, 0.5) is 0 Å². The number of rotatable bonds is 8. The number of halogens is 1. The number of aryl methyl sites for hydroxylation is 1. The minimum atomic E-state index is -0.138. The molecule has 1 amide bonds. The van der Waals surface area contributed by atoms with E-state index < -0.39 is 0 Å². The van der Waals surface area contributed by atoms with E-state index in [0.717, 1.165) is 11.1 Å². The van der Waals surface area contributed by atoms with Crippen molar-refractivity contribution in [1.82, 2.24) is 5.32 Å². The summed E-state index contributed by atoms with van der Waals surface area (Å²) in [5, 5.41) is 3.61. The molecule has 1 N–H and O–H groups in total. The van der Waals surface area contributed by atoms with Gasteiger partial charge < -0.3 is 14.8 Å². The van der Waals surface area contributed by atoms with E-state index in [1.54, 1.807) is 30.3 Å². The number of carbonyl (C=O) groups excluding carboxylic acids is 1. The second-order valence-corrected chi connectivity index (χ2v) is 7.10. The molecule has 3 aromatic rings. The molecule has 5 heteroatoms. The molecule has 0 fully saturated rings. The number of nitrogens with one attached hydrogen (secondary N) is 1. The molecule has 29 heavy (non-hydrogen) atoms. The van der Waals surface area contributed by atoms with E-state index in [4.69, 9.17) is 21.1 Å². The Morgan fingerprint density at radius 1 is 0.966 bits per heavy atom. The molecule has 0 saturated carbocycles. The van der Waals surface area contributed by atoms with Crippen LogP contribution in [0.3, 0.4) is 0 Å². The highest BCUT2D eigenvalue weighted by Crippen LogP contribution is 2.23.